The van der Waals surface area contributed by atoms with Gasteiger partial charge >= 0.3 is 0 Å². The summed E-state index contributed by atoms with van der Waals surface area (Å²) in [6.45, 7) is 1.58. The fourth-order valence-electron chi connectivity index (χ4n) is 2.60. The molecule has 0 saturated carbocycles. The van der Waals surface area contributed by atoms with Gasteiger partial charge in [-0.2, -0.15) is 0 Å². The summed E-state index contributed by atoms with van der Waals surface area (Å²) < 4.78 is 1.40. The fourth-order valence-corrected chi connectivity index (χ4v) is 3.37. The number of para-hydroxylation sites is 1. The van der Waals surface area contributed by atoms with E-state index in [0.29, 0.717) is 27.3 Å². The average molecular weight is 384 g/mol. The minimum absolute atomic E-state index is 0.0146. The second-order valence-corrected chi connectivity index (χ2v) is 6.76. The van der Waals surface area contributed by atoms with E-state index in [9.17, 15) is 19.7 Å². The van der Waals surface area contributed by atoms with Crippen LogP contribution in [0.3, 0.4) is 0 Å². The summed E-state index contributed by atoms with van der Waals surface area (Å²) in [5, 5.41) is 14.6. The van der Waals surface area contributed by atoms with E-state index >= 15 is 0 Å². The van der Waals surface area contributed by atoms with Gasteiger partial charge in [0, 0.05) is 13.1 Å². The zero-order valence-electron chi connectivity index (χ0n) is 14.6. The van der Waals surface area contributed by atoms with E-state index in [1.165, 1.54) is 16.7 Å². The summed E-state index contributed by atoms with van der Waals surface area (Å²) in [4.78, 5) is 39.6. The van der Waals surface area contributed by atoms with Crippen LogP contribution in [0.2, 0.25) is 0 Å². The maximum atomic E-state index is 12.4. The third-order valence-corrected chi connectivity index (χ3v) is 5.08. The predicted molar refractivity (Wildman–Crippen MR) is 104 cm³/mol. The van der Waals surface area contributed by atoms with Crippen LogP contribution in [0.1, 0.15) is 5.56 Å². The van der Waals surface area contributed by atoms with Gasteiger partial charge in [0.1, 0.15) is 0 Å². The number of nitrogens with one attached hydrogen (secondary N) is 1. The largest absolute Gasteiger partial charge is 0.325 e. The molecule has 0 bridgehead atoms. The van der Waals surface area contributed by atoms with Crippen LogP contribution in [-0.4, -0.2) is 26.1 Å². The van der Waals surface area contributed by atoms with Crippen molar-refractivity contribution in [1.29, 1.82) is 0 Å². The highest BCUT2D eigenvalue weighted by atomic mass is 32.2. The van der Waals surface area contributed by atoms with Crippen molar-refractivity contribution in [2.45, 2.75) is 12.1 Å². The molecular weight excluding hydrogens is 368 g/mol. The summed E-state index contributed by atoms with van der Waals surface area (Å²) in [5.74, 6) is -0.327. The molecule has 8 nitrogen and oxygen atoms in total. The normalized spacial score (nSPS) is 10.7. The van der Waals surface area contributed by atoms with Gasteiger partial charge < -0.3 is 5.32 Å². The lowest BCUT2D eigenvalue weighted by molar-refractivity contribution is -0.385. The van der Waals surface area contributed by atoms with Crippen LogP contribution in [-0.2, 0) is 11.8 Å². The third-order valence-electron chi connectivity index (χ3n) is 4.05. The molecule has 1 N–H and O–H groups in total. The number of hydrogen-bond acceptors (Lipinski definition) is 6. The molecule has 1 aromatic heterocycles. The molecule has 0 aliphatic heterocycles. The van der Waals surface area contributed by atoms with Crippen LogP contribution in [0.5, 0.6) is 0 Å². The van der Waals surface area contributed by atoms with Crippen LogP contribution in [0, 0.1) is 17.0 Å². The smallest absolute Gasteiger partial charge is 0.274 e. The number of nitrogens with zero attached hydrogens (tertiary/aromatic N) is 3. The zero-order chi connectivity index (χ0) is 19.6. The van der Waals surface area contributed by atoms with Crippen molar-refractivity contribution in [3.8, 4) is 0 Å². The number of anilines is 1. The molecule has 0 unspecified atom stereocenters. The van der Waals surface area contributed by atoms with E-state index < -0.39 is 4.92 Å². The Hall–Kier alpha value is -3.20. The molecule has 0 fully saturated rings. The number of amides is 1. The van der Waals surface area contributed by atoms with Gasteiger partial charge in [-0.15, -0.1) is 0 Å². The SMILES string of the molecule is Cc1c(NC(=O)CSc2nc3ccccc3c(=O)n2C)cccc1[N+](=O)[O-]. The molecule has 0 aliphatic carbocycles. The summed E-state index contributed by atoms with van der Waals surface area (Å²) >= 11 is 1.13. The Morgan fingerprint density at radius 1 is 1.26 bits per heavy atom. The third kappa shape index (κ3) is 3.82. The van der Waals surface area contributed by atoms with Crippen LogP contribution < -0.4 is 10.9 Å². The Labute approximate surface area is 158 Å². The minimum atomic E-state index is -0.492. The van der Waals surface area contributed by atoms with Gasteiger partial charge in [0.05, 0.1) is 32.8 Å². The first kappa shape index (κ1) is 18.6. The van der Waals surface area contributed by atoms with E-state index in [2.05, 4.69) is 10.3 Å². The van der Waals surface area contributed by atoms with E-state index in [4.69, 9.17) is 0 Å². The van der Waals surface area contributed by atoms with Crippen LogP contribution in [0.25, 0.3) is 10.9 Å². The molecular formula is C18H16N4O4S. The Balaban J connectivity index is 1.76. The Kier molecular flexibility index (Phi) is 5.22. The maximum Gasteiger partial charge on any atom is 0.274 e. The van der Waals surface area contributed by atoms with Crippen LogP contribution in [0.15, 0.2) is 52.4 Å². The number of benzene rings is 2. The van der Waals surface area contributed by atoms with E-state index in [1.807, 2.05) is 0 Å². The van der Waals surface area contributed by atoms with Gasteiger partial charge in [-0.05, 0) is 25.1 Å². The number of hydrogen-bond donors (Lipinski definition) is 1. The maximum absolute atomic E-state index is 12.4. The predicted octanol–water partition coefficient (Wildman–Crippen LogP) is 2.88. The van der Waals surface area contributed by atoms with Gasteiger partial charge in [0.25, 0.3) is 11.2 Å². The average Bonchev–Trinajstić information content (AvgIpc) is 2.65. The molecule has 2 aromatic carbocycles. The Morgan fingerprint density at radius 3 is 2.74 bits per heavy atom. The number of carbonyl (C=O) groups is 1. The number of rotatable bonds is 5. The van der Waals surface area contributed by atoms with Crippen molar-refractivity contribution in [3.05, 3.63) is 68.5 Å². The molecule has 1 amide bonds. The summed E-state index contributed by atoms with van der Waals surface area (Å²) in [6.07, 6.45) is 0. The zero-order valence-corrected chi connectivity index (χ0v) is 15.4. The molecule has 9 heteroatoms. The number of thioether (sulfide) groups is 1. The molecule has 0 radical (unpaired) electrons. The number of carbonyl (C=O) groups excluding carboxylic acids is 1. The minimum Gasteiger partial charge on any atom is -0.325 e. The molecule has 0 saturated heterocycles. The number of aromatic nitrogens is 2. The molecule has 138 valence electrons. The molecule has 0 atom stereocenters. The summed E-state index contributed by atoms with van der Waals surface area (Å²) in [7, 11) is 1.60. The fraction of sp³-hybridized carbons (Fsp3) is 0.167. The van der Waals surface area contributed by atoms with Gasteiger partial charge in [-0.3, -0.25) is 24.3 Å². The lowest BCUT2D eigenvalue weighted by Crippen LogP contribution is -2.21. The second-order valence-electron chi connectivity index (χ2n) is 5.82. The first-order valence-corrected chi connectivity index (χ1v) is 8.99. The van der Waals surface area contributed by atoms with E-state index in [-0.39, 0.29) is 22.9 Å². The van der Waals surface area contributed by atoms with E-state index in [0.717, 1.165) is 11.8 Å². The molecule has 1 heterocycles. The molecule has 27 heavy (non-hydrogen) atoms. The van der Waals surface area contributed by atoms with Gasteiger partial charge in [0.15, 0.2) is 5.16 Å². The lowest BCUT2D eigenvalue weighted by atomic mass is 10.1. The second kappa shape index (κ2) is 7.58. The molecule has 3 aromatic rings. The summed E-state index contributed by atoms with van der Waals surface area (Å²) in [6, 6.07) is 11.5. The van der Waals surface area contributed by atoms with Crippen molar-refractivity contribution in [2.75, 3.05) is 11.1 Å². The van der Waals surface area contributed by atoms with Crippen molar-refractivity contribution in [3.63, 3.8) is 0 Å². The van der Waals surface area contributed by atoms with Crippen molar-refractivity contribution in [1.82, 2.24) is 9.55 Å². The van der Waals surface area contributed by atoms with Crippen molar-refractivity contribution < 1.29 is 9.72 Å². The highest BCUT2D eigenvalue weighted by molar-refractivity contribution is 7.99. The molecule has 0 aliphatic rings. The first-order chi connectivity index (χ1) is 12.9. The monoisotopic (exact) mass is 384 g/mol. The van der Waals surface area contributed by atoms with Crippen molar-refractivity contribution in [2.24, 2.45) is 7.05 Å². The lowest BCUT2D eigenvalue weighted by Gasteiger charge is -2.10. The number of nitro benzene ring substituents is 1. The molecule has 3 rings (SSSR count). The number of fused-ring (bicyclic) bond motifs is 1. The number of nitro groups is 1. The molecule has 0 spiro atoms. The van der Waals surface area contributed by atoms with Crippen LogP contribution in [0.4, 0.5) is 11.4 Å². The van der Waals surface area contributed by atoms with Gasteiger partial charge in [-0.25, -0.2) is 4.98 Å². The van der Waals surface area contributed by atoms with Crippen LogP contribution >= 0.6 is 11.8 Å². The Morgan fingerprint density at radius 2 is 2.00 bits per heavy atom. The topological polar surface area (TPSA) is 107 Å². The standard InChI is InChI=1S/C18H16N4O4S/c1-11-13(8-5-9-15(11)22(25)26)19-16(23)10-27-18-20-14-7-4-3-6-12(14)17(24)21(18)2/h3-9H,10H2,1-2H3,(H,19,23). The first-order valence-electron chi connectivity index (χ1n) is 8.01. The van der Waals surface area contributed by atoms with Gasteiger partial charge in [-0.1, -0.05) is 30.0 Å². The summed E-state index contributed by atoms with van der Waals surface area (Å²) in [5.41, 5.74) is 1.10. The highest BCUT2D eigenvalue weighted by Gasteiger charge is 2.16. The van der Waals surface area contributed by atoms with E-state index in [1.54, 1.807) is 44.3 Å². The van der Waals surface area contributed by atoms with Gasteiger partial charge in [0.2, 0.25) is 5.91 Å². The van der Waals surface area contributed by atoms with Crippen molar-refractivity contribution >= 4 is 39.9 Å². The highest BCUT2D eigenvalue weighted by Crippen LogP contribution is 2.25. The Bertz CT molecular complexity index is 1110. The quantitative estimate of drug-likeness (QED) is 0.314.